The van der Waals surface area contributed by atoms with E-state index < -0.39 is 33.4 Å². The molecule has 0 spiro atoms. The number of benzene rings is 1. The molecule has 0 aliphatic heterocycles. The van der Waals surface area contributed by atoms with Crippen molar-refractivity contribution in [2.75, 3.05) is 11.6 Å². The summed E-state index contributed by atoms with van der Waals surface area (Å²) in [6.07, 6.45) is 0.981. The number of amides is 1. The Kier molecular flexibility index (Phi) is 5.55. The second-order valence-electron chi connectivity index (χ2n) is 6.51. The SMILES string of the molecule is Cc1ccc(C(=O)O)cc1NC(=O)C(NS(C)(=O)=O)C(C)(C)C. The van der Waals surface area contributed by atoms with Crippen molar-refractivity contribution in [3.8, 4) is 0 Å². The van der Waals surface area contributed by atoms with Gasteiger partial charge in [0.2, 0.25) is 15.9 Å². The summed E-state index contributed by atoms with van der Waals surface area (Å²) in [5.74, 6) is -1.66. The van der Waals surface area contributed by atoms with E-state index in [1.807, 2.05) is 0 Å². The van der Waals surface area contributed by atoms with Crippen LogP contribution in [0.4, 0.5) is 5.69 Å². The van der Waals surface area contributed by atoms with Gasteiger partial charge >= 0.3 is 5.97 Å². The van der Waals surface area contributed by atoms with Gasteiger partial charge in [0.25, 0.3) is 0 Å². The van der Waals surface area contributed by atoms with E-state index in [0.717, 1.165) is 6.26 Å². The van der Waals surface area contributed by atoms with Crippen molar-refractivity contribution < 1.29 is 23.1 Å². The smallest absolute Gasteiger partial charge is 0.335 e. The summed E-state index contributed by atoms with van der Waals surface area (Å²) in [5.41, 5.74) is 0.384. The minimum absolute atomic E-state index is 0.0364. The number of carbonyl (C=O) groups excluding carboxylic acids is 1. The van der Waals surface area contributed by atoms with Gasteiger partial charge in [-0.2, -0.15) is 0 Å². The number of hydrogen-bond acceptors (Lipinski definition) is 4. The summed E-state index contributed by atoms with van der Waals surface area (Å²) in [6, 6.07) is 3.36. The van der Waals surface area contributed by atoms with Crippen LogP contribution in [0, 0.1) is 12.3 Å². The number of carboxylic acids is 1. The van der Waals surface area contributed by atoms with Crippen LogP contribution in [0.2, 0.25) is 0 Å². The zero-order chi connectivity index (χ0) is 18.0. The molecule has 0 heterocycles. The third-order valence-corrected chi connectivity index (χ3v) is 3.87. The van der Waals surface area contributed by atoms with Crippen molar-refractivity contribution in [3.63, 3.8) is 0 Å². The van der Waals surface area contributed by atoms with Crippen LogP contribution < -0.4 is 10.0 Å². The van der Waals surface area contributed by atoms with Crippen LogP contribution in [-0.4, -0.2) is 37.7 Å². The number of aryl methyl sites for hydroxylation is 1. The minimum atomic E-state index is -3.58. The zero-order valence-corrected chi connectivity index (χ0v) is 14.6. The van der Waals surface area contributed by atoms with Gasteiger partial charge in [-0.25, -0.2) is 17.9 Å². The number of carbonyl (C=O) groups is 2. The van der Waals surface area contributed by atoms with Gasteiger partial charge in [-0.05, 0) is 30.0 Å². The average Bonchev–Trinajstić information content (AvgIpc) is 2.36. The van der Waals surface area contributed by atoms with Crippen LogP contribution in [-0.2, 0) is 14.8 Å². The van der Waals surface area contributed by atoms with Gasteiger partial charge in [0.15, 0.2) is 0 Å². The molecule has 0 bridgehead atoms. The number of carboxylic acid groups (broad SMARTS) is 1. The van der Waals surface area contributed by atoms with Crippen molar-refractivity contribution in [1.82, 2.24) is 4.72 Å². The molecular formula is C15H22N2O5S. The van der Waals surface area contributed by atoms with Crippen molar-refractivity contribution in [2.45, 2.75) is 33.7 Å². The standard InChI is InChI=1S/C15H22N2O5S/c1-9-6-7-10(14(19)20)8-11(9)16-13(18)12(15(2,3)4)17-23(5,21)22/h6-8,12,17H,1-5H3,(H,16,18)(H,19,20). The third-order valence-electron chi connectivity index (χ3n) is 3.20. The molecule has 0 saturated heterocycles. The fourth-order valence-corrected chi connectivity index (χ4v) is 2.82. The summed E-state index contributed by atoms with van der Waals surface area (Å²) in [4.78, 5) is 23.5. The first-order valence-corrected chi connectivity index (χ1v) is 8.82. The van der Waals surface area contributed by atoms with E-state index in [1.54, 1.807) is 33.8 Å². The monoisotopic (exact) mass is 342 g/mol. The summed E-state index contributed by atoms with van der Waals surface area (Å²) in [5, 5.41) is 11.6. The fourth-order valence-electron chi connectivity index (χ4n) is 1.93. The van der Waals surface area contributed by atoms with Crippen LogP contribution in [0.25, 0.3) is 0 Å². The second-order valence-corrected chi connectivity index (χ2v) is 8.29. The van der Waals surface area contributed by atoms with Crippen LogP contribution in [0.1, 0.15) is 36.7 Å². The minimum Gasteiger partial charge on any atom is -0.478 e. The summed E-state index contributed by atoms with van der Waals surface area (Å²) in [7, 11) is -3.58. The molecule has 3 N–H and O–H groups in total. The van der Waals surface area contributed by atoms with Gasteiger partial charge in [-0.3, -0.25) is 4.79 Å². The molecule has 1 amide bonds. The van der Waals surface area contributed by atoms with E-state index in [4.69, 9.17) is 5.11 Å². The van der Waals surface area contributed by atoms with Gasteiger partial charge in [0.05, 0.1) is 11.8 Å². The van der Waals surface area contributed by atoms with Crippen molar-refractivity contribution in [1.29, 1.82) is 0 Å². The van der Waals surface area contributed by atoms with E-state index >= 15 is 0 Å². The van der Waals surface area contributed by atoms with E-state index in [2.05, 4.69) is 10.0 Å². The summed E-state index contributed by atoms with van der Waals surface area (Å²) >= 11 is 0. The predicted molar refractivity (Wildman–Crippen MR) is 88.0 cm³/mol. The molecule has 128 valence electrons. The van der Waals surface area contributed by atoms with Crippen molar-refractivity contribution in [3.05, 3.63) is 29.3 Å². The lowest BCUT2D eigenvalue weighted by Gasteiger charge is -2.29. The molecule has 8 heteroatoms. The first-order valence-electron chi connectivity index (χ1n) is 6.93. The number of aromatic carboxylic acids is 1. The van der Waals surface area contributed by atoms with Gasteiger partial charge in [-0.1, -0.05) is 26.8 Å². The predicted octanol–water partition coefficient (Wildman–Crippen LogP) is 1.60. The highest BCUT2D eigenvalue weighted by Crippen LogP contribution is 2.23. The third kappa shape index (κ3) is 5.65. The lowest BCUT2D eigenvalue weighted by molar-refractivity contribution is -0.119. The van der Waals surface area contributed by atoms with Gasteiger partial charge in [0, 0.05) is 5.69 Å². The van der Waals surface area contributed by atoms with Crippen LogP contribution in [0.3, 0.4) is 0 Å². The molecule has 1 unspecified atom stereocenters. The molecular weight excluding hydrogens is 320 g/mol. The lowest BCUT2D eigenvalue weighted by Crippen LogP contribution is -2.51. The average molecular weight is 342 g/mol. The molecule has 23 heavy (non-hydrogen) atoms. The number of sulfonamides is 1. The molecule has 0 radical (unpaired) electrons. The Hall–Kier alpha value is -1.93. The van der Waals surface area contributed by atoms with Crippen LogP contribution in [0.15, 0.2) is 18.2 Å². The lowest BCUT2D eigenvalue weighted by atomic mass is 9.87. The van der Waals surface area contributed by atoms with E-state index in [-0.39, 0.29) is 5.56 Å². The van der Waals surface area contributed by atoms with Gasteiger partial charge < -0.3 is 10.4 Å². The highest BCUT2D eigenvalue weighted by molar-refractivity contribution is 7.88. The highest BCUT2D eigenvalue weighted by Gasteiger charge is 2.33. The van der Waals surface area contributed by atoms with Crippen molar-refractivity contribution >= 4 is 27.6 Å². The molecule has 0 aliphatic carbocycles. The number of rotatable bonds is 5. The fraction of sp³-hybridized carbons (Fsp3) is 0.467. The molecule has 1 aromatic carbocycles. The Morgan fingerprint density at radius 1 is 1.22 bits per heavy atom. The summed E-state index contributed by atoms with van der Waals surface area (Å²) < 4.78 is 25.3. The highest BCUT2D eigenvalue weighted by atomic mass is 32.2. The molecule has 1 aromatic rings. The zero-order valence-electron chi connectivity index (χ0n) is 13.8. The first kappa shape index (κ1) is 19.1. The second kappa shape index (κ2) is 6.67. The Morgan fingerprint density at radius 2 is 1.78 bits per heavy atom. The molecule has 0 saturated carbocycles. The Morgan fingerprint density at radius 3 is 2.22 bits per heavy atom. The summed E-state index contributed by atoms with van der Waals surface area (Å²) in [6.45, 7) is 6.92. The largest absolute Gasteiger partial charge is 0.478 e. The molecule has 0 aromatic heterocycles. The van der Waals surface area contributed by atoms with E-state index in [0.29, 0.717) is 11.3 Å². The molecule has 0 fully saturated rings. The van der Waals surface area contributed by atoms with E-state index in [9.17, 15) is 18.0 Å². The topological polar surface area (TPSA) is 113 Å². The normalized spacial score (nSPS) is 13.4. The molecule has 1 atom stereocenters. The van der Waals surface area contributed by atoms with Crippen LogP contribution in [0.5, 0.6) is 0 Å². The quantitative estimate of drug-likeness (QED) is 0.752. The number of hydrogen-bond donors (Lipinski definition) is 3. The number of nitrogens with one attached hydrogen (secondary N) is 2. The van der Waals surface area contributed by atoms with Gasteiger partial charge in [0.1, 0.15) is 6.04 Å². The number of anilines is 1. The van der Waals surface area contributed by atoms with Gasteiger partial charge in [-0.15, -0.1) is 0 Å². The van der Waals surface area contributed by atoms with Crippen molar-refractivity contribution in [2.24, 2.45) is 5.41 Å². The molecule has 7 nitrogen and oxygen atoms in total. The Balaban J connectivity index is 3.13. The maximum Gasteiger partial charge on any atom is 0.335 e. The maximum atomic E-state index is 12.5. The van der Waals surface area contributed by atoms with E-state index in [1.165, 1.54) is 12.1 Å². The maximum absolute atomic E-state index is 12.5. The Bertz CT molecular complexity index is 720. The Labute approximate surface area is 136 Å². The molecule has 0 aliphatic rings. The van der Waals surface area contributed by atoms with Crippen LogP contribution >= 0.6 is 0 Å². The first-order chi connectivity index (χ1) is 10.3. The molecule has 1 rings (SSSR count).